The fourth-order valence-electron chi connectivity index (χ4n) is 4.63. The second-order valence-electron chi connectivity index (χ2n) is 9.99. The van der Waals surface area contributed by atoms with Crippen LogP contribution < -0.4 is 9.47 Å². The van der Waals surface area contributed by atoms with Gasteiger partial charge in [0.2, 0.25) is 0 Å². The Kier molecular flexibility index (Phi) is 10.7. The Morgan fingerprint density at radius 3 is 1.60 bits per heavy atom. The SMILES string of the molecule is CC(=O)c1ccncc1.COc1ccc2[nH]c(C)c(/C=C/C(=O)c3ccncc3)c2c1.COc1ccc2[nH]c(C)c(C=O)c2c1. The lowest BCUT2D eigenvalue weighted by molar-refractivity contribution is 0.101. The highest BCUT2D eigenvalue weighted by molar-refractivity contribution is 6.08. The van der Waals surface area contributed by atoms with E-state index in [0.29, 0.717) is 16.7 Å². The molecule has 228 valence electrons. The number of hydrogen-bond acceptors (Lipinski definition) is 7. The Morgan fingerprint density at radius 1 is 0.689 bits per heavy atom. The van der Waals surface area contributed by atoms with Crippen molar-refractivity contribution < 1.29 is 23.9 Å². The van der Waals surface area contributed by atoms with Gasteiger partial charge in [0.15, 0.2) is 17.9 Å². The van der Waals surface area contributed by atoms with Gasteiger partial charge in [-0.1, -0.05) is 0 Å². The number of ketones is 2. The monoisotopic (exact) mass is 602 g/mol. The third-order valence-electron chi connectivity index (χ3n) is 7.06. The van der Waals surface area contributed by atoms with Crippen LogP contribution in [0.1, 0.15) is 54.9 Å². The molecule has 0 aliphatic heterocycles. The number of aromatic amines is 2. The summed E-state index contributed by atoms with van der Waals surface area (Å²) in [5.74, 6) is 1.60. The van der Waals surface area contributed by atoms with E-state index in [1.807, 2.05) is 56.3 Å². The van der Waals surface area contributed by atoms with Crippen molar-refractivity contribution >= 4 is 45.7 Å². The first-order chi connectivity index (χ1) is 21.7. The zero-order valence-corrected chi connectivity index (χ0v) is 25.8. The van der Waals surface area contributed by atoms with Gasteiger partial charge in [0.25, 0.3) is 0 Å². The number of carbonyl (C=O) groups is 3. The van der Waals surface area contributed by atoms with Crippen LogP contribution in [-0.4, -0.2) is 52.0 Å². The summed E-state index contributed by atoms with van der Waals surface area (Å²) in [6.45, 7) is 5.41. The van der Waals surface area contributed by atoms with Crippen LogP contribution in [0, 0.1) is 13.8 Å². The van der Waals surface area contributed by atoms with Gasteiger partial charge < -0.3 is 19.4 Å². The maximum Gasteiger partial charge on any atom is 0.185 e. The highest BCUT2D eigenvalue weighted by Crippen LogP contribution is 2.28. The molecular formula is C36H34N4O5. The summed E-state index contributed by atoms with van der Waals surface area (Å²) in [7, 11) is 3.25. The molecule has 2 N–H and O–H groups in total. The molecule has 0 saturated carbocycles. The lowest BCUT2D eigenvalue weighted by Crippen LogP contribution is -1.93. The number of fused-ring (bicyclic) bond motifs is 2. The molecule has 4 aromatic heterocycles. The van der Waals surface area contributed by atoms with Crippen molar-refractivity contribution in [1.29, 1.82) is 0 Å². The first-order valence-corrected chi connectivity index (χ1v) is 14.1. The predicted molar refractivity (Wildman–Crippen MR) is 176 cm³/mol. The fourth-order valence-corrected chi connectivity index (χ4v) is 4.63. The van der Waals surface area contributed by atoms with Crippen molar-refractivity contribution in [3.8, 4) is 11.5 Å². The fraction of sp³-hybridized carbons (Fsp3) is 0.139. The van der Waals surface area contributed by atoms with E-state index < -0.39 is 0 Å². The Labute approximate surface area is 261 Å². The van der Waals surface area contributed by atoms with Gasteiger partial charge in [-0.3, -0.25) is 24.4 Å². The number of aldehydes is 1. The first kappa shape index (κ1) is 32.1. The Hall–Kier alpha value is -5.83. The number of carbonyl (C=O) groups excluding carboxylic acids is 3. The molecule has 0 unspecified atom stereocenters. The lowest BCUT2D eigenvalue weighted by atomic mass is 10.1. The number of Topliss-reactive ketones (excluding diaryl/α,β-unsaturated/α-hetero) is 1. The highest BCUT2D eigenvalue weighted by atomic mass is 16.5. The number of benzene rings is 2. The van der Waals surface area contributed by atoms with Gasteiger partial charge in [-0.2, -0.15) is 0 Å². The van der Waals surface area contributed by atoms with Gasteiger partial charge in [-0.15, -0.1) is 0 Å². The van der Waals surface area contributed by atoms with Crippen molar-refractivity contribution in [1.82, 2.24) is 19.9 Å². The van der Waals surface area contributed by atoms with E-state index in [4.69, 9.17) is 9.47 Å². The van der Waals surface area contributed by atoms with Crippen molar-refractivity contribution in [2.24, 2.45) is 0 Å². The number of H-pyrrole nitrogens is 2. The number of ether oxygens (including phenoxy) is 2. The summed E-state index contributed by atoms with van der Waals surface area (Å²) >= 11 is 0. The molecule has 0 saturated heterocycles. The van der Waals surface area contributed by atoms with Crippen LogP contribution >= 0.6 is 0 Å². The van der Waals surface area contributed by atoms with Gasteiger partial charge in [-0.25, -0.2) is 0 Å². The molecular weight excluding hydrogens is 568 g/mol. The standard InChI is InChI=1S/C18H16N2O2.C11H11NO2.C7H7NO/c1-12-15(4-6-18(21)13-7-9-19-10-8-13)16-11-14(22-2)3-5-17(16)20-12;1-7-10(6-13)9-5-8(14-2)3-4-11(9)12-7;1-6(9)7-2-4-8-5-3-7/h3-11,20H,1-2H3;3-6,12H,1-2H3;2-5H,1H3/b6-4+;;. The minimum Gasteiger partial charge on any atom is -0.497 e. The van der Waals surface area contributed by atoms with E-state index in [0.717, 1.165) is 56.5 Å². The number of nitrogens with one attached hydrogen (secondary N) is 2. The molecule has 0 atom stereocenters. The Balaban J connectivity index is 0.000000171. The zero-order valence-electron chi connectivity index (χ0n) is 25.8. The second-order valence-corrected chi connectivity index (χ2v) is 9.99. The molecule has 6 rings (SSSR count). The highest BCUT2D eigenvalue weighted by Gasteiger charge is 2.09. The van der Waals surface area contributed by atoms with Gasteiger partial charge >= 0.3 is 0 Å². The van der Waals surface area contributed by atoms with Crippen LogP contribution in [-0.2, 0) is 0 Å². The van der Waals surface area contributed by atoms with E-state index in [9.17, 15) is 14.4 Å². The lowest BCUT2D eigenvalue weighted by Gasteiger charge is -2.00. The smallest absolute Gasteiger partial charge is 0.185 e. The van der Waals surface area contributed by atoms with E-state index in [2.05, 4.69) is 19.9 Å². The third-order valence-corrected chi connectivity index (χ3v) is 7.06. The first-order valence-electron chi connectivity index (χ1n) is 14.1. The largest absolute Gasteiger partial charge is 0.497 e. The molecule has 0 amide bonds. The number of pyridine rings is 2. The number of aromatic nitrogens is 4. The Bertz CT molecular complexity index is 1960. The molecule has 45 heavy (non-hydrogen) atoms. The van der Waals surface area contributed by atoms with Crippen LogP contribution in [0.25, 0.3) is 27.9 Å². The minimum atomic E-state index is -0.0425. The molecule has 0 spiro atoms. The van der Waals surface area contributed by atoms with E-state index in [1.165, 1.54) is 6.92 Å². The van der Waals surface area contributed by atoms with Crippen LogP contribution in [0.5, 0.6) is 11.5 Å². The Morgan fingerprint density at radius 2 is 1.16 bits per heavy atom. The van der Waals surface area contributed by atoms with Crippen molar-refractivity contribution in [2.75, 3.05) is 14.2 Å². The zero-order chi connectivity index (χ0) is 32.3. The quantitative estimate of drug-likeness (QED) is 0.111. The molecule has 2 aromatic carbocycles. The molecule has 0 aliphatic rings. The molecule has 0 bridgehead atoms. The van der Waals surface area contributed by atoms with Gasteiger partial charge in [0.1, 0.15) is 11.5 Å². The molecule has 0 fully saturated rings. The van der Waals surface area contributed by atoms with E-state index in [1.54, 1.807) is 69.3 Å². The minimum absolute atomic E-state index is 0.0425. The number of hydrogen-bond donors (Lipinski definition) is 2. The molecule has 4 heterocycles. The van der Waals surface area contributed by atoms with Gasteiger partial charge in [0.05, 0.1) is 14.2 Å². The number of rotatable bonds is 7. The summed E-state index contributed by atoms with van der Waals surface area (Å²) in [5, 5.41) is 1.95. The average Bonchev–Trinajstić information content (AvgIpc) is 3.57. The van der Waals surface area contributed by atoms with Crippen LogP contribution in [0.3, 0.4) is 0 Å². The summed E-state index contributed by atoms with van der Waals surface area (Å²) in [4.78, 5) is 47.8. The summed E-state index contributed by atoms with van der Waals surface area (Å²) in [5.41, 5.74) is 6.94. The number of aryl methyl sites for hydroxylation is 2. The normalized spacial score (nSPS) is 10.5. The molecule has 9 nitrogen and oxygen atoms in total. The second kappa shape index (κ2) is 15.1. The maximum atomic E-state index is 12.2. The number of nitrogens with zero attached hydrogens (tertiary/aromatic N) is 2. The summed E-state index contributed by atoms with van der Waals surface area (Å²) in [6.07, 6.45) is 10.7. The molecule has 0 radical (unpaired) electrons. The van der Waals surface area contributed by atoms with Crippen molar-refractivity contribution in [3.05, 3.63) is 125 Å². The van der Waals surface area contributed by atoms with Gasteiger partial charge in [0, 0.05) is 80.2 Å². The maximum absolute atomic E-state index is 12.2. The van der Waals surface area contributed by atoms with Crippen molar-refractivity contribution in [2.45, 2.75) is 20.8 Å². The van der Waals surface area contributed by atoms with Crippen LogP contribution in [0.2, 0.25) is 0 Å². The average molecular weight is 603 g/mol. The van der Waals surface area contributed by atoms with E-state index in [-0.39, 0.29) is 11.6 Å². The molecule has 9 heteroatoms. The third kappa shape index (κ3) is 7.97. The van der Waals surface area contributed by atoms with Crippen molar-refractivity contribution in [3.63, 3.8) is 0 Å². The number of methoxy groups -OCH3 is 2. The van der Waals surface area contributed by atoms with Gasteiger partial charge in [-0.05, 0) is 93.6 Å². The topological polar surface area (TPSA) is 127 Å². The summed E-state index contributed by atoms with van der Waals surface area (Å²) < 4.78 is 10.4. The number of allylic oxidation sites excluding steroid dienone is 1. The molecule has 6 aromatic rings. The van der Waals surface area contributed by atoms with E-state index >= 15 is 0 Å². The van der Waals surface area contributed by atoms with Crippen LogP contribution in [0.15, 0.2) is 91.5 Å². The predicted octanol–water partition coefficient (Wildman–Crippen LogP) is 7.36. The summed E-state index contributed by atoms with van der Waals surface area (Å²) in [6, 6.07) is 18.3. The molecule has 0 aliphatic carbocycles. The van der Waals surface area contributed by atoms with Crippen LogP contribution in [0.4, 0.5) is 0 Å².